The zero-order valence-electron chi connectivity index (χ0n) is 14.1. The van der Waals surface area contributed by atoms with Gasteiger partial charge in [0.2, 0.25) is 0 Å². The summed E-state index contributed by atoms with van der Waals surface area (Å²) in [5, 5.41) is 0.688. The fraction of sp³-hybridized carbons (Fsp3) is 0.200. The average Bonchev–Trinajstić information content (AvgIpc) is 2.83. The van der Waals surface area contributed by atoms with Crippen molar-refractivity contribution in [3.8, 4) is 0 Å². The molecular weight excluding hydrogens is 316 g/mol. The van der Waals surface area contributed by atoms with Crippen molar-refractivity contribution in [2.45, 2.75) is 20.8 Å². The minimum Gasteiger partial charge on any atom is -0.268 e. The number of amides is 1. The summed E-state index contributed by atoms with van der Waals surface area (Å²) in [5.41, 5.74) is 1.61. The highest BCUT2D eigenvalue weighted by atomic mass is 32.2. The van der Waals surface area contributed by atoms with Crippen LogP contribution in [0.25, 0.3) is 0 Å². The number of rotatable bonds is 2. The molecule has 0 radical (unpaired) electrons. The fourth-order valence-electron chi connectivity index (χ4n) is 2.36. The molecule has 1 amide bonds. The Morgan fingerprint density at radius 2 is 1.54 bits per heavy atom. The number of thioether (sulfide) groups is 1. The Bertz CT molecular complexity index is 789. The van der Waals surface area contributed by atoms with E-state index in [9.17, 15) is 4.79 Å². The first-order valence-corrected chi connectivity index (χ1v) is 8.70. The molecule has 1 saturated heterocycles. The molecule has 0 aliphatic carbocycles. The van der Waals surface area contributed by atoms with E-state index in [0.717, 1.165) is 16.3 Å². The third-order valence-corrected chi connectivity index (χ3v) is 4.33. The molecule has 0 spiro atoms. The molecule has 1 aliphatic rings. The number of carbonyl (C=O) groups is 1. The molecule has 24 heavy (non-hydrogen) atoms. The van der Waals surface area contributed by atoms with E-state index in [1.165, 1.54) is 11.8 Å². The lowest BCUT2D eigenvalue weighted by Crippen LogP contribution is -2.28. The van der Waals surface area contributed by atoms with Crippen LogP contribution in [-0.2, 0) is 4.79 Å². The number of hydrogen-bond donors (Lipinski definition) is 0. The van der Waals surface area contributed by atoms with Gasteiger partial charge in [-0.25, -0.2) is 4.99 Å². The maximum Gasteiger partial charge on any atom is 0.271 e. The van der Waals surface area contributed by atoms with E-state index in [1.807, 2.05) is 66.7 Å². The number of allylic oxidation sites excluding steroid dienone is 1. The van der Waals surface area contributed by atoms with Gasteiger partial charge in [0.1, 0.15) is 0 Å². The molecule has 0 aromatic heterocycles. The number of benzene rings is 2. The largest absolute Gasteiger partial charge is 0.271 e. The van der Waals surface area contributed by atoms with Crippen molar-refractivity contribution in [3.63, 3.8) is 0 Å². The molecule has 0 atom stereocenters. The van der Waals surface area contributed by atoms with Crippen LogP contribution in [0.2, 0.25) is 0 Å². The quantitative estimate of drug-likeness (QED) is 0.689. The number of amidine groups is 1. The maximum absolute atomic E-state index is 12.9. The molecule has 1 aliphatic heterocycles. The zero-order chi connectivity index (χ0) is 17.2. The minimum atomic E-state index is -0.0669. The number of aliphatic imine (C=N–C) groups is 1. The standard InChI is InChI=1S/C20H20N2OS/c1-20(2,3)14-17-18(23)22(16-12-8-5-9-13-16)19(24-17)21-15-10-6-4-7-11-15/h4-14H,1-3H3/b17-14-,21-19-. The van der Waals surface area contributed by atoms with Gasteiger partial charge in [-0.05, 0) is 41.4 Å². The topological polar surface area (TPSA) is 32.7 Å². The van der Waals surface area contributed by atoms with Crippen LogP contribution in [0.15, 0.2) is 76.6 Å². The van der Waals surface area contributed by atoms with Crippen LogP contribution in [0.3, 0.4) is 0 Å². The van der Waals surface area contributed by atoms with Gasteiger partial charge in [-0.15, -0.1) is 0 Å². The van der Waals surface area contributed by atoms with Gasteiger partial charge in [0, 0.05) is 0 Å². The first-order chi connectivity index (χ1) is 11.4. The third-order valence-electron chi connectivity index (χ3n) is 3.37. The molecule has 3 nitrogen and oxygen atoms in total. The van der Waals surface area contributed by atoms with E-state index in [0.29, 0.717) is 5.17 Å². The lowest BCUT2D eigenvalue weighted by molar-refractivity contribution is -0.113. The van der Waals surface area contributed by atoms with Crippen molar-refractivity contribution in [1.82, 2.24) is 0 Å². The van der Waals surface area contributed by atoms with Crippen molar-refractivity contribution < 1.29 is 4.79 Å². The summed E-state index contributed by atoms with van der Waals surface area (Å²) >= 11 is 1.43. The Balaban J connectivity index is 2.06. The van der Waals surface area contributed by atoms with Gasteiger partial charge in [0.25, 0.3) is 5.91 Å². The number of nitrogens with zero attached hydrogens (tertiary/aromatic N) is 2. The SMILES string of the molecule is CC(C)(C)/C=C1\S/C(=N\c2ccccc2)N(c2ccccc2)C1=O. The summed E-state index contributed by atoms with van der Waals surface area (Å²) in [7, 11) is 0. The summed E-state index contributed by atoms with van der Waals surface area (Å²) in [4.78, 5) is 20.0. The van der Waals surface area contributed by atoms with Gasteiger partial charge in [0.05, 0.1) is 16.3 Å². The van der Waals surface area contributed by atoms with Gasteiger partial charge in [0.15, 0.2) is 5.17 Å². The third kappa shape index (κ3) is 3.77. The predicted molar refractivity (Wildman–Crippen MR) is 103 cm³/mol. The lowest BCUT2D eigenvalue weighted by Gasteiger charge is -2.16. The van der Waals surface area contributed by atoms with E-state index in [1.54, 1.807) is 4.90 Å². The predicted octanol–water partition coefficient (Wildman–Crippen LogP) is 5.38. The normalized spacial score (nSPS) is 18.6. The number of carbonyl (C=O) groups excluding carboxylic acids is 1. The molecule has 2 aromatic carbocycles. The highest BCUT2D eigenvalue weighted by molar-refractivity contribution is 8.19. The van der Waals surface area contributed by atoms with E-state index < -0.39 is 0 Å². The molecule has 2 aromatic rings. The molecule has 122 valence electrons. The summed E-state index contributed by atoms with van der Waals surface area (Å²) in [6.07, 6.45) is 2.02. The summed E-state index contributed by atoms with van der Waals surface area (Å²) in [5.74, 6) is -0.0178. The van der Waals surface area contributed by atoms with E-state index in [2.05, 4.69) is 20.8 Å². The second-order valence-electron chi connectivity index (χ2n) is 6.68. The molecule has 3 rings (SSSR count). The molecular formula is C20H20N2OS. The molecule has 0 bridgehead atoms. The van der Waals surface area contributed by atoms with E-state index in [4.69, 9.17) is 4.99 Å². The van der Waals surface area contributed by atoms with Crippen molar-refractivity contribution in [3.05, 3.63) is 71.6 Å². The van der Waals surface area contributed by atoms with Crippen LogP contribution >= 0.6 is 11.8 Å². The van der Waals surface area contributed by atoms with Gasteiger partial charge in [-0.3, -0.25) is 9.69 Å². The number of anilines is 1. The van der Waals surface area contributed by atoms with Crippen LogP contribution in [0.1, 0.15) is 20.8 Å². The van der Waals surface area contributed by atoms with Gasteiger partial charge in [-0.1, -0.05) is 63.2 Å². The number of hydrogen-bond acceptors (Lipinski definition) is 3. The minimum absolute atomic E-state index is 0.0178. The molecule has 4 heteroatoms. The first-order valence-electron chi connectivity index (χ1n) is 7.88. The monoisotopic (exact) mass is 336 g/mol. The highest BCUT2D eigenvalue weighted by Gasteiger charge is 2.35. The molecule has 1 fully saturated rings. The highest BCUT2D eigenvalue weighted by Crippen LogP contribution is 2.38. The second kappa shape index (κ2) is 6.65. The summed E-state index contributed by atoms with van der Waals surface area (Å²) < 4.78 is 0. The molecule has 0 unspecified atom stereocenters. The Morgan fingerprint density at radius 1 is 0.958 bits per heavy atom. The lowest BCUT2D eigenvalue weighted by atomic mass is 9.96. The van der Waals surface area contributed by atoms with Crippen LogP contribution in [0.4, 0.5) is 11.4 Å². The summed E-state index contributed by atoms with van der Waals surface area (Å²) in [6.45, 7) is 6.27. The van der Waals surface area contributed by atoms with Crippen LogP contribution < -0.4 is 4.90 Å². The smallest absolute Gasteiger partial charge is 0.268 e. The average molecular weight is 336 g/mol. The van der Waals surface area contributed by atoms with Crippen LogP contribution in [0, 0.1) is 5.41 Å². The van der Waals surface area contributed by atoms with Crippen molar-refractivity contribution in [1.29, 1.82) is 0 Å². The second-order valence-corrected chi connectivity index (χ2v) is 7.69. The molecule has 0 N–H and O–H groups in total. The Labute approximate surface area is 147 Å². The molecule has 0 saturated carbocycles. The fourth-order valence-corrected chi connectivity index (χ4v) is 3.58. The Kier molecular flexibility index (Phi) is 4.58. The molecule has 1 heterocycles. The zero-order valence-corrected chi connectivity index (χ0v) is 14.9. The maximum atomic E-state index is 12.9. The Hall–Kier alpha value is -2.33. The Morgan fingerprint density at radius 3 is 2.12 bits per heavy atom. The van der Waals surface area contributed by atoms with Gasteiger partial charge in [-0.2, -0.15) is 0 Å². The van der Waals surface area contributed by atoms with Crippen molar-refractivity contribution >= 4 is 34.2 Å². The van der Waals surface area contributed by atoms with Gasteiger partial charge >= 0.3 is 0 Å². The van der Waals surface area contributed by atoms with E-state index >= 15 is 0 Å². The van der Waals surface area contributed by atoms with E-state index in [-0.39, 0.29) is 11.3 Å². The van der Waals surface area contributed by atoms with Crippen LogP contribution in [0.5, 0.6) is 0 Å². The van der Waals surface area contributed by atoms with Gasteiger partial charge < -0.3 is 0 Å². The van der Waals surface area contributed by atoms with Crippen molar-refractivity contribution in [2.75, 3.05) is 4.90 Å². The number of para-hydroxylation sites is 2. The van der Waals surface area contributed by atoms with Crippen LogP contribution in [-0.4, -0.2) is 11.1 Å². The summed E-state index contributed by atoms with van der Waals surface area (Å²) in [6, 6.07) is 19.4. The van der Waals surface area contributed by atoms with Crippen molar-refractivity contribution in [2.24, 2.45) is 10.4 Å². The first kappa shape index (κ1) is 16.5.